The number of carbonyl (C=O) groups is 2. The van der Waals surface area contributed by atoms with Crippen molar-refractivity contribution in [1.82, 2.24) is 4.90 Å². The minimum atomic E-state index is -1.70. The lowest BCUT2D eigenvalue weighted by Crippen LogP contribution is -2.70. The van der Waals surface area contributed by atoms with Crippen LogP contribution >= 0.6 is 11.8 Å². The lowest BCUT2D eigenvalue weighted by atomic mass is 9.90. The van der Waals surface area contributed by atoms with Gasteiger partial charge >= 0.3 is 5.97 Å². The Bertz CT molecular complexity index is 610. The average molecular weight is 476 g/mol. The minimum Gasteiger partial charge on any atom is -0.468 e. The van der Waals surface area contributed by atoms with E-state index in [0.29, 0.717) is 5.75 Å². The molecule has 0 aromatic carbocycles. The number of carbonyl (C=O) groups excluding carboxylic acids is 2. The van der Waals surface area contributed by atoms with Crippen LogP contribution in [-0.4, -0.2) is 65.4 Å². The number of rotatable bonds is 10. The summed E-state index contributed by atoms with van der Waals surface area (Å²) in [5, 5.41) is -0.166. The zero-order chi connectivity index (χ0) is 23.5. The fourth-order valence-corrected chi connectivity index (χ4v) is 6.84. The molecule has 0 radical (unpaired) electrons. The lowest BCUT2D eigenvalue weighted by Gasteiger charge is -2.55. The van der Waals surface area contributed by atoms with E-state index in [4.69, 9.17) is 13.6 Å². The molecule has 9 heteroatoms. The van der Waals surface area contributed by atoms with Gasteiger partial charge in [-0.25, -0.2) is 0 Å². The summed E-state index contributed by atoms with van der Waals surface area (Å²) >= 11 is 1.58. The van der Waals surface area contributed by atoms with Crippen molar-refractivity contribution in [3.63, 3.8) is 0 Å². The maximum atomic E-state index is 13.2. The summed E-state index contributed by atoms with van der Waals surface area (Å²) < 4.78 is 18.1. The van der Waals surface area contributed by atoms with Crippen molar-refractivity contribution in [2.24, 2.45) is 5.92 Å². The van der Waals surface area contributed by atoms with Gasteiger partial charge in [-0.3, -0.25) is 9.59 Å². The number of β-lactam (4-membered cyclic amide) rings is 1. The van der Waals surface area contributed by atoms with Crippen LogP contribution in [0.3, 0.4) is 0 Å². The molecule has 30 heavy (non-hydrogen) atoms. The second-order valence-corrected chi connectivity index (χ2v) is 18.0. The normalized spacial score (nSPS) is 23.9. The van der Waals surface area contributed by atoms with Gasteiger partial charge in [-0.1, -0.05) is 47.6 Å². The van der Waals surface area contributed by atoms with Gasteiger partial charge in [0.05, 0.1) is 12.5 Å². The quantitative estimate of drug-likeness (QED) is 0.157. The van der Waals surface area contributed by atoms with E-state index < -0.39 is 35.8 Å². The molecule has 1 aliphatic heterocycles. The minimum absolute atomic E-state index is 0.0272. The van der Waals surface area contributed by atoms with E-state index >= 15 is 0 Å². The van der Waals surface area contributed by atoms with Gasteiger partial charge in [0.1, 0.15) is 12.5 Å². The van der Waals surface area contributed by atoms with E-state index in [-0.39, 0.29) is 27.9 Å². The third-order valence-corrected chi connectivity index (χ3v) is 13.7. The molecule has 0 bridgehead atoms. The van der Waals surface area contributed by atoms with Crippen LogP contribution in [0.15, 0.2) is 12.7 Å². The standard InChI is InChI=1S/C21H41NO5SSi2/c1-12-13-28-18-16(17(24)22(18)14-15(23)25-9)21(8,26-29(10)19(2,3)4)27-30(11)20(5,6)7/h12,16,18,29-30H,1,13-14H2,2-11H3. The van der Waals surface area contributed by atoms with Crippen molar-refractivity contribution in [3.8, 4) is 0 Å². The first-order valence-corrected chi connectivity index (χ1v) is 16.0. The van der Waals surface area contributed by atoms with Crippen LogP contribution in [0.25, 0.3) is 0 Å². The van der Waals surface area contributed by atoms with Gasteiger partial charge in [-0.15, -0.1) is 18.3 Å². The molecule has 0 N–H and O–H groups in total. The first-order chi connectivity index (χ1) is 13.6. The Kier molecular flexibility index (Phi) is 9.44. The number of methoxy groups -OCH3 is 1. The van der Waals surface area contributed by atoms with Crippen LogP contribution in [0.4, 0.5) is 0 Å². The third kappa shape index (κ3) is 6.69. The summed E-state index contributed by atoms with van der Waals surface area (Å²) in [6.45, 7) is 23.0. The Morgan fingerprint density at radius 2 is 1.57 bits per heavy atom. The van der Waals surface area contributed by atoms with Crippen LogP contribution < -0.4 is 0 Å². The number of likely N-dealkylation sites (tertiary alicyclic amines) is 1. The zero-order valence-corrected chi connectivity index (χ0v) is 23.5. The molecule has 1 heterocycles. The van der Waals surface area contributed by atoms with Gasteiger partial charge in [-0.2, -0.15) is 0 Å². The molecule has 1 rings (SSSR count). The molecule has 6 nitrogen and oxygen atoms in total. The van der Waals surface area contributed by atoms with E-state index in [1.54, 1.807) is 22.7 Å². The Balaban J connectivity index is 3.29. The van der Waals surface area contributed by atoms with E-state index in [2.05, 4.69) is 61.2 Å². The number of ether oxygens (including phenoxy) is 1. The van der Waals surface area contributed by atoms with E-state index in [9.17, 15) is 9.59 Å². The number of thioether (sulfide) groups is 1. The summed E-state index contributed by atoms with van der Waals surface area (Å²) in [4.78, 5) is 26.7. The molecule has 0 aromatic rings. The van der Waals surface area contributed by atoms with Crippen molar-refractivity contribution in [2.45, 2.75) is 82.8 Å². The van der Waals surface area contributed by atoms with Crippen LogP contribution in [0.1, 0.15) is 48.5 Å². The summed E-state index contributed by atoms with van der Waals surface area (Å²) in [7, 11) is -2.06. The summed E-state index contributed by atoms with van der Waals surface area (Å²) in [5.41, 5.74) is 0. The molecule has 174 valence electrons. The molecule has 1 aliphatic rings. The molecule has 4 unspecified atom stereocenters. The van der Waals surface area contributed by atoms with Gasteiger partial charge in [0, 0.05) is 5.75 Å². The van der Waals surface area contributed by atoms with Gasteiger partial charge < -0.3 is 18.5 Å². The van der Waals surface area contributed by atoms with Crippen molar-refractivity contribution >= 4 is 41.7 Å². The van der Waals surface area contributed by atoms with E-state index in [0.717, 1.165) is 0 Å². The van der Waals surface area contributed by atoms with Crippen LogP contribution in [0, 0.1) is 5.92 Å². The monoisotopic (exact) mass is 475 g/mol. The van der Waals surface area contributed by atoms with Gasteiger partial charge in [0.25, 0.3) is 0 Å². The largest absolute Gasteiger partial charge is 0.468 e. The van der Waals surface area contributed by atoms with Gasteiger partial charge in [-0.05, 0) is 30.1 Å². The first-order valence-electron chi connectivity index (χ1n) is 10.5. The highest BCUT2D eigenvalue weighted by molar-refractivity contribution is 8.00. The highest BCUT2D eigenvalue weighted by Crippen LogP contribution is 2.47. The lowest BCUT2D eigenvalue weighted by molar-refractivity contribution is -0.204. The number of esters is 1. The van der Waals surface area contributed by atoms with Gasteiger partial charge in [0.2, 0.25) is 5.91 Å². The fourth-order valence-electron chi connectivity index (χ4n) is 2.96. The zero-order valence-electron chi connectivity index (χ0n) is 20.4. The predicted molar refractivity (Wildman–Crippen MR) is 130 cm³/mol. The predicted octanol–water partition coefficient (Wildman–Crippen LogP) is 3.92. The number of amides is 1. The van der Waals surface area contributed by atoms with Crippen LogP contribution in [-0.2, 0) is 23.2 Å². The Morgan fingerprint density at radius 3 is 1.93 bits per heavy atom. The molecule has 0 saturated carbocycles. The molecule has 0 aliphatic carbocycles. The number of hydrogen-bond donors (Lipinski definition) is 0. The topological polar surface area (TPSA) is 65.1 Å². The highest BCUT2D eigenvalue weighted by Gasteiger charge is 2.59. The molecule has 0 aromatic heterocycles. The average Bonchev–Trinajstić information content (AvgIpc) is 2.60. The van der Waals surface area contributed by atoms with E-state index in [1.165, 1.54) is 7.11 Å². The van der Waals surface area contributed by atoms with Crippen LogP contribution in [0.2, 0.25) is 23.2 Å². The van der Waals surface area contributed by atoms with E-state index in [1.807, 2.05) is 6.92 Å². The van der Waals surface area contributed by atoms with Gasteiger partial charge in [0.15, 0.2) is 23.9 Å². The second-order valence-electron chi connectivity index (χ2n) is 10.3. The molecular formula is C21H41NO5SSi2. The van der Waals surface area contributed by atoms with Crippen LogP contribution in [0.5, 0.6) is 0 Å². The van der Waals surface area contributed by atoms with Crippen molar-refractivity contribution in [3.05, 3.63) is 12.7 Å². The molecular weight excluding hydrogens is 434 g/mol. The summed E-state index contributed by atoms with van der Waals surface area (Å²) in [6.07, 6.45) is 1.80. The maximum Gasteiger partial charge on any atom is 0.325 e. The molecule has 1 saturated heterocycles. The molecule has 1 fully saturated rings. The fraction of sp³-hybridized carbons (Fsp3) is 0.810. The molecule has 1 amide bonds. The first kappa shape index (κ1) is 27.4. The van der Waals surface area contributed by atoms with Crippen molar-refractivity contribution < 1.29 is 23.2 Å². The summed E-state index contributed by atoms with van der Waals surface area (Å²) in [5.74, 6) is -1.36. The smallest absolute Gasteiger partial charge is 0.325 e. The Labute approximate surface area is 190 Å². The molecule has 4 atom stereocenters. The Morgan fingerprint density at radius 1 is 1.10 bits per heavy atom. The number of hydrogen-bond acceptors (Lipinski definition) is 6. The van der Waals surface area contributed by atoms with Crippen molar-refractivity contribution in [1.29, 1.82) is 0 Å². The SMILES string of the molecule is C=CCSC1C(C(C)(O[SiH](C)C(C)(C)C)O[SiH](C)C(C)(C)C)C(=O)N1CC(=O)OC. The number of nitrogens with zero attached hydrogens (tertiary/aromatic N) is 1. The second kappa shape index (κ2) is 10.3. The highest BCUT2D eigenvalue weighted by atomic mass is 32.2. The maximum absolute atomic E-state index is 13.2. The van der Waals surface area contributed by atoms with Crippen molar-refractivity contribution in [2.75, 3.05) is 19.4 Å². The Hall–Kier alpha value is -0.616. The summed E-state index contributed by atoms with van der Waals surface area (Å²) in [6, 6.07) is 0. The molecule has 0 spiro atoms. The third-order valence-electron chi connectivity index (χ3n) is 5.88.